The van der Waals surface area contributed by atoms with Gasteiger partial charge in [-0.05, 0) is 29.5 Å². The van der Waals surface area contributed by atoms with E-state index in [4.69, 9.17) is 5.73 Å². The zero-order valence-electron chi connectivity index (χ0n) is 8.48. The van der Waals surface area contributed by atoms with E-state index in [0.717, 1.165) is 13.0 Å². The number of allylic oxidation sites excluding steroid dienone is 2. The quantitative estimate of drug-likeness (QED) is 0.646. The number of hydrogen-bond donors (Lipinski definition) is 1. The molecule has 0 bridgehead atoms. The van der Waals surface area contributed by atoms with Crippen LogP contribution in [0.4, 0.5) is 0 Å². The molecule has 0 aromatic carbocycles. The molecule has 1 aromatic heterocycles. The van der Waals surface area contributed by atoms with Gasteiger partial charge in [-0.3, -0.25) is 4.98 Å². The molecule has 1 heterocycles. The van der Waals surface area contributed by atoms with E-state index in [9.17, 15) is 0 Å². The van der Waals surface area contributed by atoms with Gasteiger partial charge in [0.25, 0.3) is 0 Å². The van der Waals surface area contributed by atoms with Crippen molar-refractivity contribution < 1.29 is 0 Å². The molecule has 2 N–H and O–H groups in total. The second-order valence-electron chi connectivity index (χ2n) is 2.95. The summed E-state index contributed by atoms with van der Waals surface area (Å²) in [4.78, 5) is 4.05. The van der Waals surface area contributed by atoms with Gasteiger partial charge in [0.15, 0.2) is 0 Å². The number of fused-ring (bicyclic) bond motifs is 1. The standard InChI is InChI=1S/C10H9N.C2H7N/c1-2-4-9-6-7-11-8-10(9)5-3-1;1-2-3/h1,3-8H,2H2;2-3H2,1H3. The summed E-state index contributed by atoms with van der Waals surface area (Å²) in [5.41, 5.74) is 4.85. The molecule has 0 atom stereocenters. The van der Waals surface area contributed by atoms with E-state index in [1.807, 2.05) is 25.4 Å². The van der Waals surface area contributed by atoms with Crippen molar-refractivity contribution in [2.24, 2.45) is 5.73 Å². The summed E-state index contributed by atoms with van der Waals surface area (Å²) in [6.45, 7) is 2.65. The second-order valence-corrected chi connectivity index (χ2v) is 2.95. The fourth-order valence-electron chi connectivity index (χ4n) is 1.19. The molecule has 0 saturated heterocycles. The van der Waals surface area contributed by atoms with Crippen molar-refractivity contribution in [2.45, 2.75) is 13.3 Å². The molecule has 0 radical (unpaired) electrons. The zero-order valence-corrected chi connectivity index (χ0v) is 8.48. The third kappa shape index (κ3) is 3.15. The fourth-order valence-corrected chi connectivity index (χ4v) is 1.19. The highest BCUT2D eigenvalue weighted by atomic mass is 14.6. The second kappa shape index (κ2) is 6.11. The first-order chi connectivity index (χ1) is 6.88. The Morgan fingerprint density at radius 1 is 1.43 bits per heavy atom. The van der Waals surface area contributed by atoms with Crippen LogP contribution in [-0.2, 0) is 0 Å². The number of pyridine rings is 1. The van der Waals surface area contributed by atoms with Gasteiger partial charge in [-0.2, -0.15) is 0 Å². The third-order valence-corrected chi connectivity index (χ3v) is 1.77. The van der Waals surface area contributed by atoms with Gasteiger partial charge in [-0.1, -0.05) is 31.2 Å². The van der Waals surface area contributed by atoms with Crippen LogP contribution in [0.1, 0.15) is 13.3 Å². The fraction of sp³-hybridized carbons (Fsp3) is 0.250. The van der Waals surface area contributed by atoms with Gasteiger partial charge in [0.05, 0.1) is 0 Å². The molecule has 14 heavy (non-hydrogen) atoms. The van der Waals surface area contributed by atoms with Gasteiger partial charge in [-0.25, -0.2) is 0 Å². The molecule has 0 fully saturated rings. The van der Waals surface area contributed by atoms with Crippen LogP contribution in [0.2, 0.25) is 0 Å². The molecule has 1 aromatic rings. The molecule has 0 amide bonds. The third-order valence-electron chi connectivity index (χ3n) is 1.77. The molecular weight excluding hydrogens is 172 g/mol. The predicted molar refractivity (Wildman–Crippen MR) is 60.9 cm³/mol. The average molecular weight is 188 g/mol. The number of aromatic nitrogens is 1. The molecule has 0 aliphatic heterocycles. The van der Waals surface area contributed by atoms with Crippen LogP contribution in [0.5, 0.6) is 0 Å². The summed E-state index contributed by atoms with van der Waals surface area (Å²) in [6.07, 6.45) is 13.2. The summed E-state index contributed by atoms with van der Waals surface area (Å²) in [5, 5.41) is 2.49. The number of hydrogen-bond acceptors (Lipinski definition) is 2. The van der Waals surface area contributed by atoms with Crippen molar-refractivity contribution in [3.8, 4) is 0 Å². The Morgan fingerprint density at radius 2 is 2.21 bits per heavy atom. The Morgan fingerprint density at radius 3 is 3.00 bits per heavy atom. The van der Waals surface area contributed by atoms with E-state index < -0.39 is 0 Å². The maximum atomic E-state index is 4.85. The minimum atomic E-state index is 0.750. The molecule has 1 aliphatic rings. The monoisotopic (exact) mass is 188 g/mol. The first-order valence-corrected chi connectivity index (χ1v) is 4.85. The Hall–Kier alpha value is -1.41. The van der Waals surface area contributed by atoms with E-state index in [0.29, 0.717) is 0 Å². The van der Waals surface area contributed by atoms with Gasteiger partial charge in [0, 0.05) is 12.4 Å². The summed E-state index contributed by atoms with van der Waals surface area (Å²) in [7, 11) is 0. The number of rotatable bonds is 0. The molecule has 2 rings (SSSR count). The topological polar surface area (TPSA) is 38.9 Å². The molecule has 0 unspecified atom stereocenters. The van der Waals surface area contributed by atoms with Gasteiger partial charge in [-0.15, -0.1) is 0 Å². The Bertz CT molecular complexity index is 405. The smallest absolute Gasteiger partial charge is 0.0346 e. The van der Waals surface area contributed by atoms with E-state index in [1.54, 1.807) is 0 Å². The lowest BCUT2D eigenvalue weighted by Crippen LogP contribution is -2.23. The normalized spacial score (nSPS) is 12.4. The predicted octanol–water partition coefficient (Wildman–Crippen LogP) is 0.568. The van der Waals surface area contributed by atoms with E-state index >= 15 is 0 Å². The van der Waals surface area contributed by atoms with Crippen molar-refractivity contribution in [1.82, 2.24) is 4.98 Å². The van der Waals surface area contributed by atoms with Crippen molar-refractivity contribution >= 4 is 12.2 Å². The summed E-state index contributed by atoms with van der Waals surface area (Å²) >= 11 is 0. The van der Waals surface area contributed by atoms with Crippen molar-refractivity contribution in [1.29, 1.82) is 0 Å². The Labute approximate surface area is 84.5 Å². The first-order valence-electron chi connectivity index (χ1n) is 4.85. The molecule has 74 valence electrons. The van der Waals surface area contributed by atoms with Crippen LogP contribution in [0.15, 0.2) is 30.6 Å². The van der Waals surface area contributed by atoms with Gasteiger partial charge >= 0.3 is 0 Å². The lowest BCUT2D eigenvalue weighted by molar-refractivity contribution is 1.14. The van der Waals surface area contributed by atoms with Crippen molar-refractivity contribution in [2.75, 3.05) is 6.54 Å². The highest BCUT2D eigenvalue weighted by Crippen LogP contribution is 1.87. The average Bonchev–Trinajstić information content (AvgIpc) is 2.43. The van der Waals surface area contributed by atoms with Crippen LogP contribution in [-0.4, -0.2) is 11.5 Å². The van der Waals surface area contributed by atoms with Gasteiger partial charge in [0.1, 0.15) is 0 Å². The number of nitrogens with zero attached hydrogens (tertiary/aromatic N) is 1. The molecule has 2 nitrogen and oxygen atoms in total. The van der Waals surface area contributed by atoms with Gasteiger partial charge in [0.2, 0.25) is 0 Å². The van der Waals surface area contributed by atoms with Crippen LogP contribution in [0, 0.1) is 0 Å². The summed E-state index contributed by atoms with van der Waals surface area (Å²) < 4.78 is 0. The Kier molecular flexibility index (Phi) is 4.65. The molecule has 0 spiro atoms. The first kappa shape index (κ1) is 10.7. The van der Waals surface area contributed by atoms with E-state index in [2.05, 4.69) is 29.3 Å². The molecular formula is C12H16N2. The summed E-state index contributed by atoms with van der Waals surface area (Å²) in [5.74, 6) is 0. The van der Waals surface area contributed by atoms with Crippen molar-refractivity contribution in [3.05, 3.63) is 41.0 Å². The SMILES string of the molecule is C1=CCC=c2ccncc2=C1.CCN. The Balaban J connectivity index is 0.000000293. The minimum absolute atomic E-state index is 0.750. The van der Waals surface area contributed by atoms with Crippen LogP contribution in [0.25, 0.3) is 12.2 Å². The lowest BCUT2D eigenvalue weighted by atomic mass is 10.3. The van der Waals surface area contributed by atoms with Crippen molar-refractivity contribution in [3.63, 3.8) is 0 Å². The van der Waals surface area contributed by atoms with Crippen LogP contribution >= 0.6 is 0 Å². The van der Waals surface area contributed by atoms with Gasteiger partial charge < -0.3 is 5.73 Å². The minimum Gasteiger partial charge on any atom is -0.331 e. The number of nitrogens with two attached hydrogens (primary N) is 1. The maximum absolute atomic E-state index is 4.85. The molecule has 2 heteroatoms. The summed E-state index contributed by atoms with van der Waals surface area (Å²) in [6, 6.07) is 2.04. The lowest BCUT2D eigenvalue weighted by Gasteiger charge is -1.84. The molecule has 0 saturated carbocycles. The molecule has 1 aliphatic carbocycles. The van der Waals surface area contributed by atoms with Crippen LogP contribution < -0.4 is 16.2 Å². The van der Waals surface area contributed by atoms with E-state index in [1.165, 1.54) is 10.4 Å². The maximum Gasteiger partial charge on any atom is 0.0346 e. The highest BCUT2D eigenvalue weighted by Gasteiger charge is 1.85. The van der Waals surface area contributed by atoms with Crippen LogP contribution in [0.3, 0.4) is 0 Å². The highest BCUT2D eigenvalue weighted by molar-refractivity contribution is 5.43. The van der Waals surface area contributed by atoms with E-state index in [-0.39, 0.29) is 0 Å². The zero-order chi connectivity index (χ0) is 10.2. The largest absolute Gasteiger partial charge is 0.331 e.